The topological polar surface area (TPSA) is 63.3 Å². The van der Waals surface area contributed by atoms with Crippen molar-refractivity contribution < 1.29 is 9.90 Å². The van der Waals surface area contributed by atoms with Crippen LogP contribution < -0.4 is 5.73 Å². The summed E-state index contributed by atoms with van der Waals surface area (Å²) in [6, 6.07) is 4.56. The molecule has 0 aliphatic carbocycles. The lowest BCUT2D eigenvalue weighted by Gasteiger charge is -2.02. The first-order valence-electron chi connectivity index (χ1n) is 3.33. The van der Waals surface area contributed by atoms with E-state index in [9.17, 15) is 4.79 Å². The molecule has 1 aromatic rings. The van der Waals surface area contributed by atoms with Gasteiger partial charge in [0.25, 0.3) is 0 Å². The number of hydrogen-bond acceptors (Lipinski definition) is 2. The van der Waals surface area contributed by atoms with Crippen LogP contribution >= 0.6 is 11.6 Å². The SMILES string of the molecule is Nc1ccc(C(=O)O)c(CCl)c1. The third-order valence-electron chi connectivity index (χ3n) is 1.50. The quantitative estimate of drug-likeness (QED) is 0.545. The van der Waals surface area contributed by atoms with Gasteiger partial charge in [0.1, 0.15) is 0 Å². The number of carboxylic acid groups (broad SMARTS) is 1. The van der Waals surface area contributed by atoms with Crippen LogP contribution in [0.4, 0.5) is 5.69 Å². The number of alkyl halides is 1. The zero-order valence-electron chi connectivity index (χ0n) is 6.25. The summed E-state index contributed by atoms with van der Waals surface area (Å²) >= 11 is 5.53. The minimum atomic E-state index is -0.981. The van der Waals surface area contributed by atoms with Crippen molar-refractivity contribution in [2.75, 3.05) is 5.73 Å². The summed E-state index contributed by atoms with van der Waals surface area (Å²) in [4.78, 5) is 10.6. The highest BCUT2D eigenvalue weighted by Crippen LogP contribution is 2.15. The van der Waals surface area contributed by atoms with Crippen LogP contribution in [0, 0.1) is 0 Å². The Balaban J connectivity index is 3.20. The number of halogens is 1. The third kappa shape index (κ3) is 1.68. The Morgan fingerprint density at radius 3 is 2.75 bits per heavy atom. The zero-order chi connectivity index (χ0) is 9.14. The van der Waals surface area contributed by atoms with Crippen LogP contribution in [0.2, 0.25) is 0 Å². The standard InChI is InChI=1S/C8H8ClNO2/c9-4-5-3-6(10)1-2-7(5)8(11)12/h1-3H,4,10H2,(H,11,12). The molecule has 3 N–H and O–H groups in total. The molecule has 0 unspecified atom stereocenters. The first kappa shape index (κ1) is 8.87. The van der Waals surface area contributed by atoms with Crippen LogP contribution in [0.1, 0.15) is 15.9 Å². The summed E-state index contributed by atoms with van der Waals surface area (Å²) in [5, 5.41) is 8.69. The van der Waals surface area contributed by atoms with E-state index < -0.39 is 5.97 Å². The average molecular weight is 186 g/mol. The number of nitrogens with two attached hydrogens (primary N) is 1. The molecule has 64 valence electrons. The fourth-order valence-corrected chi connectivity index (χ4v) is 1.15. The van der Waals surface area contributed by atoms with E-state index in [4.69, 9.17) is 22.4 Å². The maximum absolute atomic E-state index is 10.6. The maximum Gasteiger partial charge on any atom is 0.336 e. The molecule has 0 bridgehead atoms. The number of aromatic carboxylic acids is 1. The Kier molecular flexibility index (Phi) is 2.55. The van der Waals surface area contributed by atoms with Crippen LogP contribution in [0.5, 0.6) is 0 Å². The van der Waals surface area contributed by atoms with E-state index in [-0.39, 0.29) is 11.4 Å². The van der Waals surface area contributed by atoms with Gasteiger partial charge >= 0.3 is 5.97 Å². The van der Waals surface area contributed by atoms with Crippen molar-refractivity contribution in [3.8, 4) is 0 Å². The molecule has 0 atom stereocenters. The molecule has 0 heterocycles. The molecule has 1 rings (SSSR count). The molecule has 0 aliphatic rings. The first-order valence-corrected chi connectivity index (χ1v) is 3.86. The van der Waals surface area contributed by atoms with E-state index in [1.165, 1.54) is 6.07 Å². The molecule has 0 fully saturated rings. The van der Waals surface area contributed by atoms with Crippen molar-refractivity contribution in [3.05, 3.63) is 29.3 Å². The number of rotatable bonds is 2. The number of carboxylic acids is 1. The predicted molar refractivity (Wildman–Crippen MR) is 47.4 cm³/mol. The normalized spacial score (nSPS) is 9.75. The molecular weight excluding hydrogens is 178 g/mol. The maximum atomic E-state index is 10.6. The number of anilines is 1. The van der Waals surface area contributed by atoms with E-state index in [2.05, 4.69) is 0 Å². The van der Waals surface area contributed by atoms with Gasteiger partial charge in [-0.05, 0) is 23.8 Å². The van der Waals surface area contributed by atoms with E-state index >= 15 is 0 Å². The fourth-order valence-electron chi connectivity index (χ4n) is 0.933. The zero-order valence-corrected chi connectivity index (χ0v) is 7.01. The third-order valence-corrected chi connectivity index (χ3v) is 1.79. The Hall–Kier alpha value is -1.22. The second-order valence-electron chi connectivity index (χ2n) is 2.36. The highest BCUT2D eigenvalue weighted by Gasteiger charge is 2.08. The van der Waals surface area contributed by atoms with Gasteiger partial charge in [-0.25, -0.2) is 4.79 Å². The van der Waals surface area contributed by atoms with Crippen molar-refractivity contribution in [1.29, 1.82) is 0 Å². The van der Waals surface area contributed by atoms with Crippen LogP contribution in [0.15, 0.2) is 18.2 Å². The molecule has 0 radical (unpaired) electrons. The second-order valence-corrected chi connectivity index (χ2v) is 2.62. The monoisotopic (exact) mass is 185 g/mol. The number of carbonyl (C=O) groups is 1. The molecule has 0 spiro atoms. The van der Waals surface area contributed by atoms with Crippen LogP contribution in [0.3, 0.4) is 0 Å². The van der Waals surface area contributed by atoms with E-state index in [1.807, 2.05) is 0 Å². The van der Waals surface area contributed by atoms with Crippen molar-refractivity contribution in [3.63, 3.8) is 0 Å². The molecule has 0 saturated heterocycles. The average Bonchev–Trinajstić information content (AvgIpc) is 2.03. The molecule has 0 amide bonds. The Labute approximate surface area is 74.8 Å². The summed E-state index contributed by atoms with van der Waals surface area (Å²) < 4.78 is 0. The summed E-state index contributed by atoms with van der Waals surface area (Å²) in [5.41, 5.74) is 6.73. The van der Waals surface area contributed by atoms with Gasteiger partial charge in [0, 0.05) is 11.6 Å². The lowest BCUT2D eigenvalue weighted by atomic mass is 10.1. The van der Waals surface area contributed by atoms with Crippen LogP contribution in [-0.4, -0.2) is 11.1 Å². The van der Waals surface area contributed by atoms with Gasteiger partial charge in [-0.1, -0.05) is 0 Å². The van der Waals surface area contributed by atoms with Crippen molar-refractivity contribution in [2.45, 2.75) is 5.88 Å². The summed E-state index contributed by atoms with van der Waals surface area (Å²) in [6.45, 7) is 0. The Bertz CT molecular complexity index is 312. The minimum absolute atomic E-state index is 0.159. The largest absolute Gasteiger partial charge is 0.478 e. The van der Waals surface area contributed by atoms with Gasteiger partial charge in [0.05, 0.1) is 5.56 Å². The first-order chi connectivity index (χ1) is 5.65. The van der Waals surface area contributed by atoms with Crippen molar-refractivity contribution in [1.82, 2.24) is 0 Å². The molecule has 12 heavy (non-hydrogen) atoms. The summed E-state index contributed by atoms with van der Waals surface area (Å²) in [6.07, 6.45) is 0. The van der Waals surface area contributed by atoms with Crippen molar-refractivity contribution >= 4 is 23.3 Å². The van der Waals surface area contributed by atoms with Crippen molar-refractivity contribution in [2.24, 2.45) is 0 Å². The van der Waals surface area contributed by atoms with E-state index in [0.717, 1.165) is 0 Å². The number of benzene rings is 1. The van der Waals surface area contributed by atoms with Gasteiger partial charge in [0.2, 0.25) is 0 Å². The molecule has 0 aliphatic heterocycles. The van der Waals surface area contributed by atoms with Gasteiger partial charge in [-0.15, -0.1) is 11.6 Å². The lowest BCUT2D eigenvalue weighted by Crippen LogP contribution is -2.01. The highest BCUT2D eigenvalue weighted by molar-refractivity contribution is 6.17. The Morgan fingerprint density at radius 1 is 1.58 bits per heavy atom. The number of nitrogen functional groups attached to an aromatic ring is 1. The molecule has 0 saturated carbocycles. The number of hydrogen-bond donors (Lipinski definition) is 2. The smallest absolute Gasteiger partial charge is 0.336 e. The fraction of sp³-hybridized carbons (Fsp3) is 0.125. The summed E-state index contributed by atoms with van der Waals surface area (Å²) in [7, 11) is 0. The molecule has 0 aromatic heterocycles. The van der Waals surface area contributed by atoms with Crippen LogP contribution in [0.25, 0.3) is 0 Å². The lowest BCUT2D eigenvalue weighted by molar-refractivity contribution is 0.0696. The second kappa shape index (κ2) is 3.45. The van der Waals surface area contributed by atoms with E-state index in [1.54, 1.807) is 12.1 Å². The van der Waals surface area contributed by atoms with Crippen LogP contribution in [-0.2, 0) is 5.88 Å². The molecule has 3 nitrogen and oxygen atoms in total. The van der Waals surface area contributed by atoms with Gasteiger partial charge in [0.15, 0.2) is 0 Å². The minimum Gasteiger partial charge on any atom is -0.478 e. The molecule has 4 heteroatoms. The summed E-state index contributed by atoms with van der Waals surface area (Å²) in [5.74, 6) is -0.821. The van der Waals surface area contributed by atoms with E-state index in [0.29, 0.717) is 11.3 Å². The highest BCUT2D eigenvalue weighted by atomic mass is 35.5. The Morgan fingerprint density at radius 2 is 2.25 bits per heavy atom. The molecular formula is C8H8ClNO2. The molecule has 1 aromatic carbocycles. The predicted octanol–water partition coefficient (Wildman–Crippen LogP) is 1.71. The van der Waals surface area contributed by atoms with Gasteiger partial charge in [-0.3, -0.25) is 0 Å². The van der Waals surface area contributed by atoms with Gasteiger partial charge in [-0.2, -0.15) is 0 Å². The van der Waals surface area contributed by atoms with Gasteiger partial charge < -0.3 is 10.8 Å².